The molecule has 1 aromatic heterocycles. The van der Waals surface area contributed by atoms with Crippen molar-refractivity contribution in [1.29, 1.82) is 5.26 Å². The van der Waals surface area contributed by atoms with Gasteiger partial charge in [-0.25, -0.2) is 9.18 Å². The maximum absolute atomic E-state index is 13.2. The van der Waals surface area contributed by atoms with Crippen molar-refractivity contribution >= 4 is 23.5 Å². The van der Waals surface area contributed by atoms with Gasteiger partial charge in [0.05, 0.1) is 18.0 Å². The Hall–Kier alpha value is -3.82. The average molecular weight is 468 g/mol. The number of amides is 2. The largest absolute Gasteiger partial charge is 0.440 e. The van der Waals surface area contributed by atoms with Crippen LogP contribution >= 0.6 is 0 Å². The number of nitriles is 1. The highest BCUT2D eigenvalue weighted by Gasteiger charge is 2.40. The molecule has 1 aliphatic heterocycles. The lowest BCUT2D eigenvalue weighted by atomic mass is 9.85. The van der Waals surface area contributed by atoms with Crippen LogP contribution < -0.4 is 11.1 Å². The van der Waals surface area contributed by atoms with Crippen molar-refractivity contribution in [3.05, 3.63) is 41.8 Å². The van der Waals surface area contributed by atoms with E-state index in [1.807, 2.05) is 0 Å². The number of aromatic nitrogens is 2. The predicted octanol–water partition coefficient (Wildman–Crippen LogP) is 3.27. The van der Waals surface area contributed by atoms with Crippen molar-refractivity contribution in [2.45, 2.75) is 31.0 Å². The SMILES string of the molecule is N#CCC1(n2cc(C(N)=O)c(Nc3ccc(F)cc3)n2)CCN(C(=O)OCC(F)(F)F)CC1. The van der Waals surface area contributed by atoms with Crippen LogP contribution in [0.25, 0.3) is 0 Å². The van der Waals surface area contributed by atoms with Gasteiger partial charge in [0.2, 0.25) is 0 Å². The van der Waals surface area contributed by atoms with E-state index < -0.39 is 36.1 Å². The summed E-state index contributed by atoms with van der Waals surface area (Å²) in [4.78, 5) is 25.0. The first kappa shape index (κ1) is 23.8. The number of nitrogens with two attached hydrogens (primary N) is 1. The molecule has 3 N–H and O–H groups in total. The highest BCUT2D eigenvalue weighted by atomic mass is 19.4. The maximum atomic E-state index is 13.2. The third kappa shape index (κ3) is 5.71. The van der Waals surface area contributed by atoms with Gasteiger partial charge in [-0.3, -0.25) is 9.48 Å². The number of alkyl halides is 3. The molecular formula is C20H20F4N6O3. The summed E-state index contributed by atoms with van der Waals surface area (Å²) in [7, 11) is 0. The molecular weight excluding hydrogens is 448 g/mol. The van der Waals surface area contributed by atoms with Crippen molar-refractivity contribution in [2.24, 2.45) is 5.73 Å². The van der Waals surface area contributed by atoms with Gasteiger partial charge in [0.25, 0.3) is 5.91 Å². The standard InChI is InChI=1S/C20H20F4N6O3/c21-13-1-3-14(4-2-13)27-17-15(16(26)31)11-30(28-17)19(5-8-25)6-9-29(10-7-19)18(32)33-12-20(22,23)24/h1-4,11H,5-7,9-10,12H2,(H2,26,31)(H,27,28). The van der Waals surface area contributed by atoms with E-state index in [9.17, 15) is 32.4 Å². The Bertz CT molecular complexity index is 1050. The van der Waals surface area contributed by atoms with E-state index in [0.717, 1.165) is 4.90 Å². The summed E-state index contributed by atoms with van der Waals surface area (Å²) >= 11 is 0. The monoisotopic (exact) mass is 468 g/mol. The molecule has 2 heterocycles. The minimum absolute atomic E-state index is 0.0187. The van der Waals surface area contributed by atoms with Crippen LogP contribution in [0.1, 0.15) is 29.6 Å². The highest BCUT2D eigenvalue weighted by Crippen LogP contribution is 2.35. The number of hydrogen-bond acceptors (Lipinski definition) is 6. The Kier molecular flexibility index (Phi) is 6.75. The maximum Gasteiger partial charge on any atom is 0.422 e. The Balaban J connectivity index is 1.80. The van der Waals surface area contributed by atoms with Gasteiger partial charge in [-0.2, -0.15) is 23.5 Å². The van der Waals surface area contributed by atoms with Crippen LogP contribution in [0.3, 0.4) is 0 Å². The Morgan fingerprint density at radius 3 is 2.42 bits per heavy atom. The first-order valence-corrected chi connectivity index (χ1v) is 9.81. The van der Waals surface area contributed by atoms with Gasteiger partial charge in [-0.05, 0) is 37.1 Å². The second-order valence-electron chi connectivity index (χ2n) is 7.55. The van der Waals surface area contributed by atoms with Crippen LogP contribution in [-0.4, -0.2) is 52.6 Å². The van der Waals surface area contributed by atoms with Crippen molar-refractivity contribution in [3.8, 4) is 6.07 Å². The summed E-state index contributed by atoms with van der Waals surface area (Å²) in [6, 6.07) is 7.37. The van der Waals surface area contributed by atoms with E-state index in [1.165, 1.54) is 35.1 Å². The second kappa shape index (κ2) is 9.35. The van der Waals surface area contributed by atoms with Gasteiger partial charge >= 0.3 is 12.3 Å². The lowest BCUT2D eigenvalue weighted by molar-refractivity contribution is -0.162. The number of rotatable bonds is 6. The molecule has 9 nitrogen and oxygen atoms in total. The first-order valence-electron chi connectivity index (χ1n) is 9.81. The van der Waals surface area contributed by atoms with Crippen molar-refractivity contribution in [3.63, 3.8) is 0 Å². The first-order chi connectivity index (χ1) is 15.5. The molecule has 2 aromatic rings. The smallest absolute Gasteiger partial charge is 0.422 e. The molecule has 0 saturated carbocycles. The van der Waals surface area contributed by atoms with Crippen molar-refractivity contribution in [1.82, 2.24) is 14.7 Å². The zero-order valence-electron chi connectivity index (χ0n) is 17.2. The zero-order valence-corrected chi connectivity index (χ0v) is 17.2. The number of benzene rings is 1. The number of primary amides is 1. The third-order valence-electron chi connectivity index (χ3n) is 5.29. The summed E-state index contributed by atoms with van der Waals surface area (Å²) < 4.78 is 55.8. The minimum atomic E-state index is -4.63. The van der Waals surface area contributed by atoms with E-state index in [1.54, 1.807) is 0 Å². The number of halogens is 4. The predicted molar refractivity (Wildman–Crippen MR) is 107 cm³/mol. The van der Waals surface area contributed by atoms with Crippen LogP contribution in [-0.2, 0) is 10.3 Å². The zero-order chi connectivity index (χ0) is 24.2. The number of nitrogens with one attached hydrogen (secondary N) is 1. The summed E-state index contributed by atoms with van der Waals surface area (Å²) in [6.45, 7) is -1.65. The average Bonchev–Trinajstić information content (AvgIpc) is 3.19. The Labute approximate surface area is 185 Å². The second-order valence-corrected chi connectivity index (χ2v) is 7.55. The van der Waals surface area contributed by atoms with Gasteiger partial charge in [0.1, 0.15) is 11.4 Å². The van der Waals surface area contributed by atoms with Crippen molar-refractivity contribution < 1.29 is 31.9 Å². The molecule has 2 amide bonds. The van der Waals surface area contributed by atoms with E-state index in [0.29, 0.717) is 5.69 Å². The lowest BCUT2D eigenvalue weighted by Crippen LogP contribution is -2.48. The number of anilines is 2. The summed E-state index contributed by atoms with van der Waals surface area (Å²) in [6.07, 6.45) is -4.04. The molecule has 3 rings (SSSR count). The van der Waals surface area contributed by atoms with Gasteiger partial charge in [-0.15, -0.1) is 0 Å². The molecule has 0 spiro atoms. The van der Waals surface area contributed by atoms with E-state index in [2.05, 4.69) is 21.2 Å². The summed E-state index contributed by atoms with van der Waals surface area (Å²) in [5.41, 5.74) is 5.01. The quantitative estimate of drug-likeness (QED) is 0.627. The number of carbonyl (C=O) groups is 2. The van der Waals surface area contributed by atoms with Crippen LogP contribution in [0, 0.1) is 17.1 Å². The fourth-order valence-electron chi connectivity index (χ4n) is 3.53. The molecule has 1 aliphatic rings. The number of piperidine rings is 1. The number of hydrogen-bond donors (Lipinski definition) is 2. The van der Waals surface area contributed by atoms with Crippen LogP contribution in [0.4, 0.5) is 33.9 Å². The molecule has 0 radical (unpaired) electrons. The molecule has 1 aromatic carbocycles. The van der Waals surface area contributed by atoms with Gasteiger partial charge in [-0.1, -0.05) is 0 Å². The lowest BCUT2D eigenvalue weighted by Gasteiger charge is -2.40. The Morgan fingerprint density at radius 2 is 1.88 bits per heavy atom. The third-order valence-corrected chi connectivity index (χ3v) is 5.29. The molecule has 176 valence electrons. The molecule has 1 saturated heterocycles. The van der Waals surface area contributed by atoms with Gasteiger partial charge in [0, 0.05) is 25.0 Å². The molecule has 0 unspecified atom stereocenters. The topological polar surface area (TPSA) is 126 Å². The van der Waals surface area contributed by atoms with Gasteiger partial charge in [0.15, 0.2) is 12.4 Å². The number of ether oxygens (including phenoxy) is 1. The molecule has 33 heavy (non-hydrogen) atoms. The normalized spacial score (nSPS) is 15.5. The fraction of sp³-hybridized carbons (Fsp3) is 0.400. The van der Waals surface area contributed by atoms with Crippen molar-refractivity contribution in [2.75, 3.05) is 25.0 Å². The summed E-state index contributed by atoms with van der Waals surface area (Å²) in [5, 5.41) is 16.6. The van der Waals surface area contributed by atoms with Crippen LogP contribution in [0.15, 0.2) is 30.5 Å². The van der Waals surface area contributed by atoms with E-state index in [-0.39, 0.29) is 43.7 Å². The van der Waals surface area contributed by atoms with E-state index >= 15 is 0 Å². The van der Waals surface area contributed by atoms with E-state index in [4.69, 9.17) is 5.73 Å². The number of nitrogens with zero attached hydrogens (tertiary/aromatic N) is 4. The molecule has 0 bridgehead atoms. The van der Waals surface area contributed by atoms with Crippen LogP contribution in [0.2, 0.25) is 0 Å². The number of likely N-dealkylation sites (tertiary alicyclic amines) is 1. The number of carbonyl (C=O) groups excluding carboxylic acids is 2. The Morgan fingerprint density at radius 1 is 1.24 bits per heavy atom. The fourth-order valence-corrected chi connectivity index (χ4v) is 3.53. The molecule has 1 fully saturated rings. The molecule has 0 aliphatic carbocycles. The highest BCUT2D eigenvalue weighted by molar-refractivity contribution is 5.98. The molecule has 0 atom stereocenters. The van der Waals surface area contributed by atoms with Crippen LogP contribution in [0.5, 0.6) is 0 Å². The minimum Gasteiger partial charge on any atom is -0.440 e. The summed E-state index contributed by atoms with van der Waals surface area (Å²) in [5.74, 6) is -1.14. The van der Waals surface area contributed by atoms with Gasteiger partial charge < -0.3 is 20.7 Å². The molecule has 13 heteroatoms.